The number of para-hydroxylation sites is 1. The summed E-state index contributed by atoms with van der Waals surface area (Å²) in [5.74, 6) is 0.472. The van der Waals surface area contributed by atoms with Crippen LogP contribution in [0.25, 0.3) is 0 Å². The van der Waals surface area contributed by atoms with E-state index in [2.05, 4.69) is 29.2 Å². The number of likely N-dealkylation sites (tertiary alicyclic amines) is 1. The van der Waals surface area contributed by atoms with Gasteiger partial charge >= 0.3 is 0 Å². The van der Waals surface area contributed by atoms with E-state index in [-0.39, 0.29) is 10.3 Å². The number of hydrogen-bond donors (Lipinski definition) is 0. The fourth-order valence-corrected chi connectivity index (χ4v) is 5.68. The van der Waals surface area contributed by atoms with Gasteiger partial charge in [-0.3, -0.25) is 0 Å². The third kappa shape index (κ3) is 3.95. The lowest BCUT2D eigenvalue weighted by atomic mass is 9.79. The number of benzene rings is 2. The lowest BCUT2D eigenvalue weighted by Crippen LogP contribution is -2.50. The minimum Gasteiger partial charge on any atom is -0.492 e. The maximum atomic E-state index is 13.0. The van der Waals surface area contributed by atoms with E-state index in [0.29, 0.717) is 18.9 Å². The highest BCUT2D eigenvalue weighted by atomic mass is 32.2. The second-order valence-electron chi connectivity index (χ2n) is 8.07. The van der Waals surface area contributed by atoms with Crippen molar-refractivity contribution in [2.45, 2.75) is 24.2 Å². The molecule has 4 rings (SSSR count). The molecule has 0 aromatic heterocycles. The maximum absolute atomic E-state index is 13.0. The van der Waals surface area contributed by atoms with Gasteiger partial charge in [0.2, 0.25) is 10.0 Å². The maximum Gasteiger partial charge on any atom is 0.246 e. The van der Waals surface area contributed by atoms with Crippen LogP contribution in [0.4, 0.5) is 0 Å². The molecule has 6 heteroatoms. The SMILES string of the molecule is CN1CC2(CCN(CCc3ccccc3)CC2)COc2ccccc2S1(=O)=O. The fraction of sp³-hybridized carbons (Fsp3) is 0.455. The molecule has 1 spiro atoms. The Kier molecular flexibility index (Phi) is 5.45. The molecule has 0 bridgehead atoms. The van der Waals surface area contributed by atoms with Gasteiger partial charge in [-0.05, 0) is 50.0 Å². The topological polar surface area (TPSA) is 49.9 Å². The number of piperidine rings is 1. The van der Waals surface area contributed by atoms with Crippen LogP contribution in [0.3, 0.4) is 0 Å². The molecule has 5 nitrogen and oxygen atoms in total. The molecule has 1 saturated heterocycles. The Balaban J connectivity index is 1.44. The third-order valence-electron chi connectivity index (χ3n) is 6.11. The summed E-state index contributed by atoms with van der Waals surface area (Å²) in [6, 6.07) is 17.5. The molecule has 0 atom stereocenters. The Bertz CT molecular complexity index is 906. The minimum absolute atomic E-state index is 0.126. The number of nitrogens with zero attached hydrogens (tertiary/aromatic N) is 2. The zero-order valence-electron chi connectivity index (χ0n) is 16.4. The van der Waals surface area contributed by atoms with Gasteiger partial charge in [-0.2, -0.15) is 0 Å². The van der Waals surface area contributed by atoms with Crippen molar-refractivity contribution in [3.05, 3.63) is 60.2 Å². The zero-order chi connectivity index (χ0) is 19.6. The standard InChI is InChI=1S/C22H28N2O3S/c1-23-17-22(18-27-20-9-5-6-10-21(20)28(23,25)26)12-15-24(16-13-22)14-11-19-7-3-2-4-8-19/h2-10H,11-18H2,1H3. The fourth-order valence-electron chi connectivity index (χ4n) is 4.27. The van der Waals surface area contributed by atoms with Crippen LogP contribution in [0.1, 0.15) is 18.4 Å². The Morgan fingerprint density at radius 2 is 1.68 bits per heavy atom. The van der Waals surface area contributed by atoms with Crippen LogP contribution in [-0.2, 0) is 16.4 Å². The highest BCUT2D eigenvalue weighted by Gasteiger charge is 2.41. The number of fused-ring (bicyclic) bond motifs is 1. The average Bonchev–Trinajstić information content (AvgIpc) is 2.72. The van der Waals surface area contributed by atoms with Crippen LogP contribution in [0.15, 0.2) is 59.5 Å². The predicted molar refractivity (Wildman–Crippen MR) is 110 cm³/mol. The van der Waals surface area contributed by atoms with Crippen LogP contribution < -0.4 is 4.74 Å². The first kappa shape index (κ1) is 19.4. The van der Waals surface area contributed by atoms with E-state index in [1.807, 2.05) is 12.1 Å². The Morgan fingerprint density at radius 1 is 1.00 bits per heavy atom. The van der Waals surface area contributed by atoms with Crippen LogP contribution in [0.2, 0.25) is 0 Å². The van der Waals surface area contributed by atoms with E-state index in [0.717, 1.165) is 38.9 Å². The van der Waals surface area contributed by atoms with Crippen molar-refractivity contribution in [3.8, 4) is 5.75 Å². The largest absolute Gasteiger partial charge is 0.492 e. The van der Waals surface area contributed by atoms with Crippen molar-refractivity contribution >= 4 is 10.0 Å². The van der Waals surface area contributed by atoms with Gasteiger partial charge in [-0.1, -0.05) is 42.5 Å². The molecule has 2 aromatic carbocycles. The monoisotopic (exact) mass is 400 g/mol. The average molecular weight is 401 g/mol. The summed E-state index contributed by atoms with van der Waals surface area (Å²) in [4.78, 5) is 2.76. The minimum atomic E-state index is -3.52. The van der Waals surface area contributed by atoms with Crippen molar-refractivity contribution in [3.63, 3.8) is 0 Å². The van der Waals surface area contributed by atoms with Crippen molar-refractivity contribution in [2.75, 3.05) is 39.8 Å². The summed E-state index contributed by atoms with van der Waals surface area (Å²) < 4.78 is 33.5. The second-order valence-corrected chi connectivity index (χ2v) is 10.1. The molecule has 0 amide bonds. The summed E-state index contributed by atoms with van der Waals surface area (Å²) >= 11 is 0. The molecule has 0 unspecified atom stereocenters. The van der Waals surface area contributed by atoms with Crippen molar-refractivity contribution < 1.29 is 13.2 Å². The van der Waals surface area contributed by atoms with Gasteiger partial charge in [0.05, 0.1) is 6.61 Å². The summed E-state index contributed by atoms with van der Waals surface area (Å²) in [6.45, 7) is 4.07. The molecule has 2 aliphatic rings. The zero-order valence-corrected chi connectivity index (χ0v) is 17.2. The molecule has 0 aliphatic carbocycles. The molecular weight excluding hydrogens is 372 g/mol. The van der Waals surface area contributed by atoms with E-state index in [1.165, 1.54) is 9.87 Å². The van der Waals surface area contributed by atoms with Crippen LogP contribution in [0, 0.1) is 5.41 Å². The quantitative estimate of drug-likeness (QED) is 0.795. The Labute approximate surface area is 168 Å². The first-order valence-electron chi connectivity index (χ1n) is 9.93. The molecule has 0 saturated carbocycles. The first-order valence-corrected chi connectivity index (χ1v) is 11.4. The van der Waals surface area contributed by atoms with E-state index in [9.17, 15) is 8.42 Å². The highest BCUT2D eigenvalue weighted by Crippen LogP contribution is 2.38. The Hall–Kier alpha value is -1.89. The summed E-state index contributed by atoms with van der Waals surface area (Å²) in [7, 11) is -1.83. The molecule has 1 fully saturated rings. The van der Waals surface area contributed by atoms with Gasteiger partial charge in [0.1, 0.15) is 10.6 Å². The predicted octanol–water partition coefficient (Wildman–Crippen LogP) is 3.02. The van der Waals surface area contributed by atoms with Crippen molar-refractivity contribution in [2.24, 2.45) is 5.41 Å². The van der Waals surface area contributed by atoms with Crippen LogP contribution in [0.5, 0.6) is 5.75 Å². The molecular formula is C22H28N2O3S. The first-order chi connectivity index (χ1) is 13.5. The Morgan fingerprint density at radius 3 is 2.43 bits per heavy atom. The van der Waals surface area contributed by atoms with Gasteiger partial charge < -0.3 is 9.64 Å². The second kappa shape index (κ2) is 7.85. The van der Waals surface area contributed by atoms with Gasteiger partial charge in [-0.15, -0.1) is 0 Å². The molecule has 0 radical (unpaired) electrons. The normalized spacial score (nSPS) is 22.0. The number of rotatable bonds is 3. The number of sulfonamides is 1. The molecule has 150 valence electrons. The molecule has 2 aromatic rings. The van der Waals surface area contributed by atoms with Gasteiger partial charge in [0.25, 0.3) is 0 Å². The molecule has 2 aliphatic heterocycles. The number of hydrogen-bond acceptors (Lipinski definition) is 4. The highest BCUT2D eigenvalue weighted by molar-refractivity contribution is 7.89. The van der Waals surface area contributed by atoms with Crippen LogP contribution >= 0.6 is 0 Å². The lowest BCUT2D eigenvalue weighted by molar-refractivity contribution is 0.0391. The molecule has 28 heavy (non-hydrogen) atoms. The van der Waals surface area contributed by atoms with Gasteiger partial charge in [0.15, 0.2) is 0 Å². The lowest BCUT2D eigenvalue weighted by Gasteiger charge is -2.44. The van der Waals surface area contributed by atoms with Gasteiger partial charge in [0, 0.05) is 25.6 Å². The van der Waals surface area contributed by atoms with E-state index < -0.39 is 10.0 Å². The van der Waals surface area contributed by atoms with Crippen molar-refractivity contribution in [1.29, 1.82) is 0 Å². The summed E-state index contributed by atoms with van der Waals surface area (Å²) in [5.41, 5.74) is 1.23. The van der Waals surface area contributed by atoms with E-state index in [4.69, 9.17) is 4.74 Å². The smallest absolute Gasteiger partial charge is 0.246 e. The summed E-state index contributed by atoms with van der Waals surface area (Å²) in [6.07, 6.45) is 2.94. The van der Waals surface area contributed by atoms with E-state index >= 15 is 0 Å². The number of ether oxygens (including phenoxy) is 1. The van der Waals surface area contributed by atoms with Crippen LogP contribution in [-0.4, -0.2) is 57.5 Å². The van der Waals surface area contributed by atoms with E-state index in [1.54, 1.807) is 25.2 Å². The molecule has 0 N–H and O–H groups in total. The van der Waals surface area contributed by atoms with Crippen molar-refractivity contribution in [1.82, 2.24) is 9.21 Å². The third-order valence-corrected chi connectivity index (χ3v) is 7.95. The molecule has 2 heterocycles. The summed E-state index contributed by atoms with van der Waals surface area (Å²) in [5, 5.41) is 0. The van der Waals surface area contributed by atoms with Gasteiger partial charge in [-0.25, -0.2) is 12.7 Å².